The van der Waals surface area contributed by atoms with Crippen LogP contribution >= 0.6 is 0 Å². The van der Waals surface area contributed by atoms with Gasteiger partial charge in [0, 0.05) is 23.0 Å². The molecule has 13 nitrogen and oxygen atoms in total. The maximum Gasteiger partial charge on any atom is 0.411 e. The molecule has 0 unspecified atom stereocenters. The van der Waals surface area contributed by atoms with Gasteiger partial charge in [-0.15, -0.1) is 0 Å². The van der Waals surface area contributed by atoms with Gasteiger partial charge in [0.25, 0.3) is 0 Å². The van der Waals surface area contributed by atoms with Crippen molar-refractivity contribution in [1.29, 1.82) is 0 Å². The van der Waals surface area contributed by atoms with Gasteiger partial charge in [-0.1, -0.05) is 32.0 Å². The van der Waals surface area contributed by atoms with E-state index >= 15 is 0 Å². The van der Waals surface area contributed by atoms with Crippen LogP contribution in [0.2, 0.25) is 0 Å². The largest absolute Gasteiger partial charge is 0.488 e. The van der Waals surface area contributed by atoms with Crippen LogP contribution in [0.25, 0.3) is 44.2 Å². The predicted octanol–water partition coefficient (Wildman–Crippen LogP) is 8.56. The number of hydrogen-bond acceptors (Lipinski definition) is 8. The van der Waals surface area contributed by atoms with Gasteiger partial charge in [-0.2, -0.15) is 0 Å². The van der Waals surface area contributed by atoms with Crippen molar-refractivity contribution in [2.75, 3.05) is 7.11 Å². The quantitative estimate of drug-likeness (QED) is 0.156. The molecule has 8 rings (SSSR count). The first kappa shape index (κ1) is 37.3. The van der Waals surface area contributed by atoms with E-state index in [2.05, 4.69) is 58.6 Å². The standard InChI is InChI=1S/C43H51N7O6/c1-22(2)36(48-41(52)54-8)40(51)49-23(3)9-16-34(49)39-45-31-14-12-25-18-30-28-13-11-26(17-27(28)21-55-35(30)19-29(25)37(31)47-39)32-20-44-38(46-32)33-15-10-24(4)50(33)42(53)56-43(5,6)7/h11-14,17-20,22-24,33-34,36H,9-10,15-16,21H2,1-8H3,(H,44,46)(H,45,47)(H,48,52)/t23-,24-,33-,34-,36-/m0/s1. The number of amides is 3. The number of ether oxygens (including phenoxy) is 3. The van der Waals surface area contributed by atoms with Gasteiger partial charge < -0.3 is 34.4 Å². The number of benzene rings is 3. The van der Waals surface area contributed by atoms with E-state index in [1.54, 1.807) is 0 Å². The molecule has 2 fully saturated rings. The number of rotatable bonds is 6. The lowest BCUT2D eigenvalue weighted by molar-refractivity contribution is -0.137. The third-order valence-corrected chi connectivity index (χ3v) is 11.5. The molecule has 5 heterocycles. The lowest BCUT2D eigenvalue weighted by atomic mass is 9.92. The molecule has 0 spiro atoms. The van der Waals surface area contributed by atoms with Crippen LogP contribution in [0.1, 0.15) is 103 Å². The minimum Gasteiger partial charge on any atom is -0.488 e. The van der Waals surface area contributed by atoms with Gasteiger partial charge >= 0.3 is 12.2 Å². The van der Waals surface area contributed by atoms with Crippen molar-refractivity contribution in [3.8, 4) is 28.1 Å². The Morgan fingerprint density at radius 3 is 2.36 bits per heavy atom. The number of hydrogen-bond donors (Lipinski definition) is 3. The fraction of sp³-hybridized carbons (Fsp3) is 0.465. The maximum absolute atomic E-state index is 13.9. The summed E-state index contributed by atoms with van der Waals surface area (Å²) in [5.41, 5.74) is 6.19. The van der Waals surface area contributed by atoms with Gasteiger partial charge in [-0.05, 0) is 113 Å². The smallest absolute Gasteiger partial charge is 0.411 e. The van der Waals surface area contributed by atoms with Crippen LogP contribution in [0, 0.1) is 5.92 Å². The number of imidazole rings is 2. The first-order valence-corrected chi connectivity index (χ1v) is 19.7. The average Bonchev–Trinajstić information content (AvgIpc) is 3.97. The number of nitrogens with one attached hydrogen (secondary N) is 3. The molecule has 56 heavy (non-hydrogen) atoms. The SMILES string of the molecule is COC(=O)N[C@H](C(=O)N1[C@@H](C)CC[C@H]1c1nc2c(ccc3cc4c(cc32)OCc2cc(-c3cnc([C@@H]5CC[C@H](C)N5C(=O)OC(C)(C)C)[nH]3)ccc2-4)[nH]1)C(C)C. The second kappa shape index (κ2) is 14.2. The fourth-order valence-corrected chi connectivity index (χ4v) is 8.64. The Bertz CT molecular complexity index is 2340. The highest BCUT2D eigenvalue weighted by Gasteiger charge is 2.42. The van der Waals surface area contributed by atoms with Crippen molar-refractivity contribution in [3.63, 3.8) is 0 Å². The number of H-pyrrole nitrogens is 2. The summed E-state index contributed by atoms with van der Waals surface area (Å²) in [6.45, 7) is 14.0. The average molecular weight is 762 g/mol. The Hall–Kier alpha value is -5.59. The van der Waals surface area contributed by atoms with E-state index in [1.165, 1.54) is 7.11 Å². The van der Waals surface area contributed by atoms with E-state index in [4.69, 9.17) is 24.2 Å². The van der Waals surface area contributed by atoms with Crippen molar-refractivity contribution >= 4 is 39.9 Å². The summed E-state index contributed by atoms with van der Waals surface area (Å²) in [4.78, 5) is 59.7. The Balaban J connectivity index is 1.06. The van der Waals surface area contributed by atoms with Crippen LogP contribution in [0.15, 0.2) is 48.7 Å². The molecule has 0 radical (unpaired) electrons. The summed E-state index contributed by atoms with van der Waals surface area (Å²) in [6, 6.07) is 13.6. The summed E-state index contributed by atoms with van der Waals surface area (Å²) in [5, 5.41) is 4.74. The van der Waals surface area contributed by atoms with Gasteiger partial charge in [0.2, 0.25) is 5.91 Å². The molecule has 2 saturated heterocycles. The number of carbonyl (C=O) groups excluding carboxylic acids is 3. The molecule has 3 aliphatic heterocycles. The molecular formula is C43H51N7O6. The van der Waals surface area contributed by atoms with E-state index in [0.717, 1.165) is 92.8 Å². The van der Waals surface area contributed by atoms with Crippen molar-refractivity contribution in [2.45, 2.75) is 117 Å². The molecular weight excluding hydrogens is 711 g/mol. The van der Waals surface area contributed by atoms with Crippen LogP contribution in [0.4, 0.5) is 9.59 Å². The van der Waals surface area contributed by atoms with Crippen LogP contribution in [-0.4, -0.2) is 78.7 Å². The van der Waals surface area contributed by atoms with Crippen molar-refractivity contribution in [2.24, 2.45) is 5.92 Å². The summed E-state index contributed by atoms with van der Waals surface area (Å²) in [6.07, 6.45) is 4.18. The van der Waals surface area contributed by atoms with Gasteiger partial charge in [-0.3, -0.25) is 9.69 Å². The first-order chi connectivity index (χ1) is 26.7. The monoisotopic (exact) mass is 761 g/mol. The maximum atomic E-state index is 13.9. The predicted molar refractivity (Wildman–Crippen MR) is 213 cm³/mol. The molecule has 0 aliphatic carbocycles. The highest BCUT2D eigenvalue weighted by molar-refractivity contribution is 6.07. The van der Waals surface area contributed by atoms with Gasteiger partial charge in [0.15, 0.2) is 0 Å². The van der Waals surface area contributed by atoms with Gasteiger partial charge in [0.05, 0.1) is 42.1 Å². The third-order valence-electron chi connectivity index (χ3n) is 11.5. The van der Waals surface area contributed by atoms with E-state index in [9.17, 15) is 14.4 Å². The second-order valence-electron chi connectivity index (χ2n) is 16.9. The summed E-state index contributed by atoms with van der Waals surface area (Å²) in [7, 11) is 1.30. The Morgan fingerprint density at radius 2 is 1.64 bits per heavy atom. The Labute approximate surface area is 326 Å². The van der Waals surface area contributed by atoms with E-state index < -0.39 is 17.7 Å². The normalized spacial score (nSPS) is 21.2. The number of likely N-dealkylation sites (tertiary alicyclic amines) is 2. The lowest BCUT2D eigenvalue weighted by Crippen LogP contribution is -2.52. The van der Waals surface area contributed by atoms with Gasteiger partial charge in [0.1, 0.15) is 35.6 Å². The number of methoxy groups -OCH3 is 1. The fourth-order valence-electron chi connectivity index (χ4n) is 8.64. The number of alkyl carbamates (subject to hydrolysis) is 1. The molecule has 3 aliphatic rings. The second-order valence-corrected chi connectivity index (χ2v) is 16.9. The molecule has 0 bridgehead atoms. The molecule has 3 N–H and O–H groups in total. The lowest BCUT2D eigenvalue weighted by Gasteiger charge is -2.32. The van der Waals surface area contributed by atoms with Crippen molar-refractivity contribution < 1.29 is 28.6 Å². The van der Waals surface area contributed by atoms with Crippen LogP contribution < -0.4 is 10.1 Å². The highest BCUT2D eigenvalue weighted by atomic mass is 16.6. The van der Waals surface area contributed by atoms with E-state index in [1.807, 2.05) is 63.6 Å². The number of aromatic nitrogens is 4. The molecule has 13 heteroatoms. The summed E-state index contributed by atoms with van der Waals surface area (Å²) < 4.78 is 17.0. The number of aromatic amines is 2. The molecule has 5 aromatic rings. The Kier molecular flexibility index (Phi) is 9.45. The zero-order chi connectivity index (χ0) is 39.6. The number of fused-ring (bicyclic) bond motifs is 6. The Morgan fingerprint density at radius 1 is 0.911 bits per heavy atom. The summed E-state index contributed by atoms with van der Waals surface area (Å²) in [5.74, 6) is 2.00. The van der Waals surface area contributed by atoms with Crippen molar-refractivity contribution in [1.82, 2.24) is 35.1 Å². The highest BCUT2D eigenvalue weighted by Crippen LogP contribution is 2.44. The first-order valence-electron chi connectivity index (χ1n) is 19.7. The molecule has 3 aromatic carbocycles. The van der Waals surface area contributed by atoms with Gasteiger partial charge in [-0.25, -0.2) is 19.6 Å². The van der Waals surface area contributed by atoms with E-state index in [0.29, 0.717) is 6.61 Å². The van der Waals surface area contributed by atoms with Crippen LogP contribution in [-0.2, 0) is 20.9 Å². The van der Waals surface area contributed by atoms with Crippen molar-refractivity contribution in [3.05, 3.63) is 65.9 Å². The van der Waals surface area contributed by atoms with E-state index in [-0.39, 0.29) is 42.1 Å². The molecule has 2 aromatic heterocycles. The molecule has 5 atom stereocenters. The summed E-state index contributed by atoms with van der Waals surface area (Å²) >= 11 is 0. The number of carbonyl (C=O) groups is 3. The molecule has 294 valence electrons. The molecule has 0 saturated carbocycles. The zero-order valence-corrected chi connectivity index (χ0v) is 33.4. The zero-order valence-electron chi connectivity index (χ0n) is 33.4. The molecule has 3 amide bonds. The van der Waals surface area contributed by atoms with Crippen LogP contribution in [0.5, 0.6) is 5.75 Å². The minimum atomic E-state index is -0.715. The van der Waals surface area contributed by atoms with Crippen LogP contribution in [0.3, 0.4) is 0 Å². The number of nitrogens with zero attached hydrogens (tertiary/aromatic N) is 4. The third kappa shape index (κ3) is 6.70. The minimum absolute atomic E-state index is 0.0138. The topological polar surface area (TPSA) is 155 Å².